The molecule has 10 heteroatoms. The Morgan fingerprint density at radius 1 is 1.14 bits per heavy atom. The second-order valence-electron chi connectivity index (χ2n) is 7.89. The number of benzene rings is 2. The van der Waals surface area contributed by atoms with Crippen molar-refractivity contribution in [1.82, 2.24) is 4.57 Å². The highest BCUT2D eigenvalue weighted by Crippen LogP contribution is 2.24. The van der Waals surface area contributed by atoms with Gasteiger partial charge in [-0.25, -0.2) is 8.78 Å². The Balaban J connectivity index is 1.84. The Hall–Kier alpha value is -4.36. The van der Waals surface area contributed by atoms with Gasteiger partial charge in [0.05, 0.1) is 11.3 Å². The Labute approximate surface area is 205 Å². The predicted molar refractivity (Wildman–Crippen MR) is 127 cm³/mol. The van der Waals surface area contributed by atoms with Crippen LogP contribution in [0.25, 0.3) is 0 Å². The molecule has 0 atom stereocenters. The average molecular weight is 495 g/mol. The molecule has 0 saturated heterocycles. The third-order valence-electron chi connectivity index (χ3n) is 5.16. The molecule has 1 amide bonds. The van der Waals surface area contributed by atoms with E-state index in [1.165, 1.54) is 36.1 Å². The molecule has 1 heterocycles. The van der Waals surface area contributed by atoms with Crippen molar-refractivity contribution in [2.45, 2.75) is 19.9 Å². The lowest BCUT2D eigenvalue weighted by molar-refractivity contribution is -0.118. The van der Waals surface area contributed by atoms with E-state index in [4.69, 9.17) is 9.47 Å². The molecule has 0 saturated carbocycles. The monoisotopic (exact) mass is 495 g/mol. The van der Waals surface area contributed by atoms with E-state index in [1.54, 1.807) is 19.1 Å². The number of carbonyl (C=O) groups excluding carboxylic acids is 2. The Bertz CT molecular complexity index is 1400. The quantitative estimate of drug-likeness (QED) is 0.340. The second-order valence-corrected chi connectivity index (χ2v) is 7.89. The highest BCUT2D eigenvalue weighted by molar-refractivity contribution is 6.10. The zero-order valence-corrected chi connectivity index (χ0v) is 19.6. The van der Waals surface area contributed by atoms with Gasteiger partial charge in [0.25, 0.3) is 11.5 Å². The molecular weight excluding hydrogens is 472 g/mol. The van der Waals surface area contributed by atoms with Crippen molar-refractivity contribution in [3.63, 3.8) is 0 Å². The maximum atomic E-state index is 14.0. The summed E-state index contributed by atoms with van der Waals surface area (Å²) in [6.45, 7) is 1.68. The van der Waals surface area contributed by atoms with E-state index in [-0.39, 0.29) is 34.7 Å². The summed E-state index contributed by atoms with van der Waals surface area (Å²) < 4.78 is 39.7. The van der Waals surface area contributed by atoms with Gasteiger partial charge in [-0.05, 0) is 55.3 Å². The minimum Gasteiger partial charge on any atom is -0.483 e. The van der Waals surface area contributed by atoms with Crippen molar-refractivity contribution in [2.75, 3.05) is 25.6 Å². The van der Waals surface area contributed by atoms with Gasteiger partial charge in [-0.3, -0.25) is 14.4 Å². The predicted octanol–water partition coefficient (Wildman–Crippen LogP) is 3.59. The molecule has 2 aromatic carbocycles. The van der Waals surface area contributed by atoms with Crippen LogP contribution in [0.2, 0.25) is 0 Å². The largest absolute Gasteiger partial charge is 0.483 e. The number of hydrogen-bond donors (Lipinski definition) is 1. The van der Waals surface area contributed by atoms with Gasteiger partial charge in [-0.15, -0.1) is 0 Å². The Kier molecular flexibility index (Phi) is 8.65. The third-order valence-corrected chi connectivity index (χ3v) is 5.16. The lowest BCUT2D eigenvalue weighted by Gasteiger charge is -2.13. The van der Waals surface area contributed by atoms with E-state index >= 15 is 0 Å². The fourth-order valence-corrected chi connectivity index (χ4v) is 3.40. The lowest BCUT2D eigenvalue weighted by atomic mass is 10.0. The van der Waals surface area contributed by atoms with E-state index in [0.717, 1.165) is 18.2 Å². The number of carbonyl (C=O) groups is 2. The maximum absolute atomic E-state index is 14.0. The van der Waals surface area contributed by atoms with Gasteiger partial charge in [0.2, 0.25) is 0 Å². The molecule has 0 radical (unpaired) electrons. The molecule has 0 aliphatic heterocycles. The minimum atomic E-state index is -0.731. The number of aromatic nitrogens is 1. The first-order chi connectivity index (χ1) is 17.2. The van der Waals surface area contributed by atoms with E-state index in [0.29, 0.717) is 18.6 Å². The lowest BCUT2D eigenvalue weighted by Crippen LogP contribution is -2.25. The summed E-state index contributed by atoms with van der Waals surface area (Å²) in [7, 11) is 1.51. The van der Waals surface area contributed by atoms with Crippen molar-refractivity contribution in [3.8, 4) is 11.8 Å². The minimum absolute atomic E-state index is 0.0369. The number of anilines is 1. The molecule has 8 nitrogen and oxygen atoms in total. The van der Waals surface area contributed by atoms with Gasteiger partial charge in [-0.1, -0.05) is 6.07 Å². The van der Waals surface area contributed by atoms with E-state index in [2.05, 4.69) is 5.32 Å². The van der Waals surface area contributed by atoms with Crippen LogP contribution in [0.1, 0.15) is 33.5 Å². The van der Waals surface area contributed by atoms with E-state index in [9.17, 15) is 28.4 Å². The van der Waals surface area contributed by atoms with Crippen LogP contribution in [0.4, 0.5) is 14.5 Å². The number of hydrogen-bond acceptors (Lipinski definition) is 6. The number of nitriles is 1. The molecule has 0 aliphatic carbocycles. The number of rotatable bonds is 10. The van der Waals surface area contributed by atoms with Gasteiger partial charge in [0.15, 0.2) is 12.4 Å². The molecule has 0 bridgehead atoms. The highest BCUT2D eigenvalue weighted by atomic mass is 19.1. The summed E-state index contributed by atoms with van der Waals surface area (Å²) in [5, 5.41) is 11.7. The molecular formula is C26H23F2N3O5. The van der Waals surface area contributed by atoms with Crippen molar-refractivity contribution in [3.05, 3.63) is 92.9 Å². The van der Waals surface area contributed by atoms with Gasteiger partial charge in [0, 0.05) is 32.0 Å². The Morgan fingerprint density at radius 2 is 1.92 bits per heavy atom. The zero-order valence-electron chi connectivity index (χ0n) is 19.6. The first-order valence-electron chi connectivity index (χ1n) is 10.9. The summed E-state index contributed by atoms with van der Waals surface area (Å²) in [4.78, 5) is 38.0. The van der Waals surface area contributed by atoms with Crippen LogP contribution in [0, 0.1) is 29.9 Å². The zero-order chi connectivity index (χ0) is 26.2. The molecule has 36 heavy (non-hydrogen) atoms. The van der Waals surface area contributed by atoms with Crippen molar-refractivity contribution in [1.29, 1.82) is 5.26 Å². The Morgan fingerprint density at radius 3 is 2.61 bits per heavy atom. The van der Waals surface area contributed by atoms with Gasteiger partial charge in [-0.2, -0.15) is 5.26 Å². The number of nitrogens with zero attached hydrogens (tertiary/aromatic N) is 2. The van der Waals surface area contributed by atoms with Gasteiger partial charge < -0.3 is 19.4 Å². The smallest absolute Gasteiger partial charge is 0.268 e. The number of nitrogens with one attached hydrogen (secondary N) is 1. The first-order valence-corrected chi connectivity index (χ1v) is 10.9. The maximum Gasteiger partial charge on any atom is 0.268 e. The summed E-state index contributed by atoms with van der Waals surface area (Å²) in [6.07, 6.45) is 1.74. The standard InChI is InChI=1S/C26H23F2N3O5/c1-16-4-6-22(21(28)10-16)30-24(32)15-36-23-7-5-19(27)12-20(23)25(33)18-11-17(13-29)26(34)31(14-18)8-3-9-35-2/h4-7,10-12,14H,3,8-9,15H2,1-2H3,(H,30,32). The van der Waals surface area contributed by atoms with E-state index in [1.807, 2.05) is 0 Å². The van der Waals surface area contributed by atoms with Gasteiger partial charge >= 0.3 is 0 Å². The number of aryl methyl sites for hydroxylation is 2. The van der Waals surface area contributed by atoms with Crippen LogP contribution in [0.15, 0.2) is 53.5 Å². The number of ether oxygens (including phenoxy) is 2. The number of pyridine rings is 1. The van der Waals surface area contributed by atoms with Crippen LogP contribution in [-0.2, 0) is 16.1 Å². The molecule has 3 rings (SSSR count). The van der Waals surface area contributed by atoms with Crippen LogP contribution >= 0.6 is 0 Å². The van der Waals surface area contributed by atoms with Crippen LogP contribution in [0.5, 0.6) is 5.75 Å². The van der Waals surface area contributed by atoms with Crippen molar-refractivity contribution in [2.24, 2.45) is 0 Å². The van der Waals surface area contributed by atoms with Crippen LogP contribution in [0.3, 0.4) is 0 Å². The molecule has 0 fully saturated rings. The van der Waals surface area contributed by atoms with Crippen LogP contribution in [-0.4, -0.2) is 36.6 Å². The van der Waals surface area contributed by atoms with Crippen molar-refractivity contribution >= 4 is 17.4 Å². The summed E-state index contributed by atoms with van der Waals surface area (Å²) in [5.41, 5.74) is -0.428. The summed E-state index contributed by atoms with van der Waals surface area (Å²) >= 11 is 0. The number of amides is 1. The number of halogens is 2. The first kappa shape index (κ1) is 26.2. The SMILES string of the molecule is COCCCn1cc(C(=O)c2cc(F)ccc2OCC(=O)Nc2ccc(C)cc2F)cc(C#N)c1=O. The third kappa shape index (κ3) is 6.40. The number of methoxy groups -OCH3 is 1. The highest BCUT2D eigenvalue weighted by Gasteiger charge is 2.20. The summed E-state index contributed by atoms with van der Waals surface area (Å²) in [5.74, 6) is -2.86. The van der Waals surface area contributed by atoms with Crippen LogP contribution < -0.4 is 15.6 Å². The second kappa shape index (κ2) is 11.9. The molecule has 186 valence electrons. The molecule has 1 N–H and O–H groups in total. The molecule has 0 aliphatic rings. The molecule has 3 aromatic rings. The normalized spacial score (nSPS) is 10.5. The van der Waals surface area contributed by atoms with Crippen molar-refractivity contribution < 1.29 is 27.8 Å². The topological polar surface area (TPSA) is 110 Å². The summed E-state index contributed by atoms with van der Waals surface area (Å²) in [6, 6.07) is 10.3. The molecule has 0 spiro atoms. The van der Waals surface area contributed by atoms with E-state index < -0.39 is 35.5 Å². The fourth-order valence-electron chi connectivity index (χ4n) is 3.40. The average Bonchev–Trinajstić information content (AvgIpc) is 2.85. The molecule has 0 unspecified atom stereocenters. The number of ketones is 1. The van der Waals surface area contributed by atoms with Gasteiger partial charge in [0.1, 0.15) is 29.0 Å². The molecule has 1 aromatic heterocycles. The fraction of sp³-hybridized carbons (Fsp3) is 0.231.